The fourth-order valence-electron chi connectivity index (χ4n) is 3.32. The zero-order valence-corrected chi connectivity index (χ0v) is 18.7. The first-order chi connectivity index (χ1) is 14.0. The van der Waals surface area contributed by atoms with Gasteiger partial charge in [0.1, 0.15) is 11.6 Å². The number of hydrogen-bond acceptors (Lipinski definition) is 7. The van der Waals surface area contributed by atoms with Crippen molar-refractivity contribution in [3.05, 3.63) is 35.1 Å². The second-order valence-corrected chi connectivity index (χ2v) is 9.37. The summed E-state index contributed by atoms with van der Waals surface area (Å²) in [6.45, 7) is 9.16. The van der Waals surface area contributed by atoms with Gasteiger partial charge >= 0.3 is 6.09 Å². The quantitative estimate of drug-likeness (QED) is 0.769. The van der Waals surface area contributed by atoms with E-state index in [0.29, 0.717) is 0 Å². The first kappa shape index (κ1) is 22.2. The van der Waals surface area contributed by atoms with Crippen LogP contribution in [0.5, 0.6) is 0 Å². The van der Waals surface area contributed by atoms with E-state index >= 15 is 0 Å². The summed E-state index contributed by atoms with van der Waals surface area (Å²) in [6.07, 6.45) is 0.554. The Balaban J connectivity index is 1.66. The van der Waals surface area contributed by atoms with Gasteiger partial charge in [-0.15, -0.1) is 11.3 Å². The van der Waals surface area contributed by atoms with Crippen molar-refractivity contribution in [3.8, 4) is 10.6 Å². The number of ether oxygens (including phenoxy) is 1. The van der Waals surface area contributed by atoms with Crippen LogP contribution in [0.4, 0.5) is 4.79 Å². The van der Waals surface area contributed by atoms with E-state index in [1.807, 2.05) is 26.0 Å². The number of aromatic nitrogens is 2. The SMILES string of the molecule is Cc1ncsc1-c1ccc([C@H](C)NC(=O)[C@@H]2C[C@@H](O)CN2C(=O)OC(C)(C)C)cn1. The van der Waals surface area contributed by atoms with E-state index in [2.05, 4.69) is 15.3 Å². The highest BCUT2D eigenvalue weighted by molar-refractivity contribution is 7.13. The van der Waals surface area contributed by atoms with E-state index in [1.165, 1.54) is 16.2 Å². The molecule has 2 aromatic rings. The van der Waals surface area contributed by atoms with Crippen LogP contribution in [0.3, 0.4) is 0 Å². The van der Waals surface area contributed by atoms with Crippen molar-refractivity contribution >= 4 is 23.3 Å². The number of nitrogens with zero attached hydrogens (tertiary/aromatic N) is 3. The molecule has 0 radical (unpaired) electrons. The maximum absolute atomic E-state index is 12.9. The van der Waals surface area contributed by atoms with Crippen LogP contribution < -0.4 is 5.32 Å². The summed E-state index contributed by atoms with van der Waals surface area (Å²) in [6, 6.07) is 2.75. The fraction of sp³-hybridized carbons (Fsp3) is 0.524. The molecule has 1 fully saturated rings. The Bertz CT molecular complexity index is 906. The standard InChI is InChI=1S/C21H28N4O4S/c1-12(14-6-7-16(22-9-14)18-13(2)23-11-30-18)24-19(27)17-8-15(26)10-25(17)20(28)29-21(3,4)5/h6-7,9,11-12,15,17,26H,8,10H2,1-5H3,(H,24,27)/t12-,15+,17-/m0/s1. The Labute approximate surface area is 180 Å². The van der Waals surface area contributed by atoms with Crippen LogP contribution in [-0.2, 0) is 9.53 Å². The molecular formula is C21H28N4O4S. The molecule has 0 aliphatic carbocycles. The van der Waals surface area contributed by atoms with Gasteiger partial charge in [-0.05, 0) is 46.2 Å². The zero-order chi connectivity index (χ0) is 22.1. The third kappa shape index (κ3) is 5.14. The molecule has 1 aliphatic rings. The molecule has 0 bridgehead atoms. The van der Waals surface area contributed by atoms with Gasteiger partial charge in [-0.3, -0.25) is 14.7 Å². The molecule has 3 heterocycles. The van der Waals surface area contributed by atoms with E-state index in [9.17, 15) is 14.7 Å². The van der Waals surface area contributed by atoms with Crippen molar-refractivity contribution in [2.24, 2.45) is 0 Å². The summed E-state index contributed by atoms with van der Waals surface area (Å²) in [5.41, 5.74) is 3.73. The molecule has 0 unspecified atom stereocenters. The third-order valence-corrected chi connectivity index (χ3v) is 5.78. The average Bonchev–Trinajstić information content (AvgIpc) is 3.26. The number of aryl methyl sites for hydroxylation is 1. The lowest BCUT2D eigenvalue weighted by atomic mass is 10.1. The lowest BCUT2D eigenvalue weighted by molar-refractivity contribution is -0.126. The molecule has 3 atom stereocenters. The lowest BCUT2D eigenvalue weighted by Gasteiger charge is -2.28. The largest absolute Gasteiger partial charge is 0.444 e. The molecule has 1 saturated heterocycles. The third-order valence-electron chi connectivity index (χ3n) is 4.83. The van der Waals surface area contributed by atoms with Gasteiger partial charge in [-0.1, -0.05) is 6.07 Å². The molecule has 0 saturated carbocycles. The minimum Gasteiger partial charge on any atom is -0.444 e. The van der Waals surface area contributed by atoms with Crippen molar-refractivity contribution in [1.29, 1.82) is 0 Å². The van der Waals surface area contributed by atoms with Crippen molar-refractivity contribution < 1.29 is 19.4 Å². The Morgan fingerprint density at radius 3 is 2.63 bits per heavy atom. The highest BCUT2D eigenvalue weighted by Crippen LogP contribution is 2.27. The van der Waals surface area contributed by atoms with Gasteiger partial charge in [-0.25, -0.2) is 9.78 Å². The van der Waals surface area contributed by atoms with Crippen LogP contribution in [0.1, 0.15) is 51.4 Å². The molecule has 3 rings (SSSR count). The smallest absolute Gasteiger partial charge is 0.411 e. The van der Waals surface area contributed by atoms with E-state index in [4.69, 9.17) is 4.74 Å². The van der Waals surface area contributed by atoms with E-state index in [0.717, 1.165) is 21.8 Å². The van der Waals surface area contributed by atoms with Gasteiger partial charge in [0.05, 0.1) is 40.5 Å². The number of carbonyl (C=O) groups is 2. The van der Waals surface area contributed by atoms with E-state index in [1.54, 1.807) is 32.5 Å². The van der Waals surface area contributed by atoms with Crippen LogP contribution >= 0.6 is 11.3 Å². The summed E-state index contributed by atoms with van der Waals surface area (Å²) < 4.78 is 5.38. The lowest BCUT2D eigenvalue weighted by Crippen LogP contribution is -2.48. The molecule has 0 aromatic carbocycles. The number of carbonyl (C=O) groups excluding carboxylic acids is 2. The summed E-state index contributed by atoms with van der Waals surface area (Å²) >= 11 is 1.53. The Morgan fingerprint density at radius 1 is 1.33 bits per heavy atom. The summed E-state index contributed by atoms with van der Waals surface area (Å²) in [4.78, 5) is 36.4. The monoisotopic (exact) mass is 432 g/mol. The number of likely N-dealkylation sites (tertiary alicyclic amines) is 1. The van der Waals surface area contributed by atoms with Crippen LogP contribution in [0.15, 0.2) is 23.8 Å². The molecule has 1 aliphatic heterocycles. The van der Waals surface area contributed by atoms with Gasteiger partial charge < -0.3 is 15.2 Å². The minimum absolute atomic E-state index is 0.0752. The van der Waals surface area contributed by atoms with Crippen molar-refractivity contribution in [3.63, 3.8) is 0 Å². The van der Waals surface area contributed by atoms with Crippen LogP contribution in [0.25, 0.3) is 10.6 Å². The number of aliphatic hydroxyl groups is 1. The number of β-amino-alcohol motifs (C(OH)–C–C–N with tert-alkyl or cyclic N) is 1. The number of thiazole rings is 1. The predicted molar refractivity (Wildman–Crippen MR) is 114 cm³/mol. The zero-order valence-electron chi connectivity index (χ0n) is 17.9. The number of hydrogen-bond donors (Lipinski definition) is 2. The fourth-order valence-corrected chi connectivity index (χ4v) is 4.10. The van der Waals surface area contributed by atoms with Gasteiger partial charge in [0.15, 0.2) is 0 Å². The van der Waals surface area contributed by atoms with Crippen LogP contribution in [0.2, 0.25) is 0 Å². The van der Waals surface area contributed by atoms with Crippen molar-refractivity contribution in [1.82, 2.24) is 20.2 Å². The molecule has 8 nitrogen and oxygen atoms in total. The molecule has 0 spiro atoms. The molecule has 9 heteroatoms. The Kier molecular flexibility index (Phi) is 6.42. The second kappa shape index (κ2) is 8.69. The second-order valence-electron chi connectivity index (χ2n) is 8.51. The molecule has 2 N–H and O–H groups in total. The molecule has 162 valence electrons. The van der Waals surface area contributed by atoms with Crippen molar-refractivity contribution in [2.45, 2.75) is 64.8 Å². The Hall–Kier alpha value is -2.52. The Morgan fingerprint density at radius 2 is 2.07 bits per heavy atom. The molecule has 2 aromatic heterocycles. The van der Waals surface area contributed by atoms with Gasteiger partial charge in [0.25, 0.3) is 0 Å². The normalized spacial score (nSPS) is 20.1. The maximum Gasteiger partial charge on any atom is 0.411 e. The highest BCUT2D eigenvalue weighted by Gasteiger charge is 2.41. The molecule has 30 heavy (non-hydrogen) atoms. The minimum atomic E-state index is -0.774. The first-order valence-corrected chi connectivity index (χ1v) is 10.8. The van der Waals surface area contributed by atoms with E-state index in [-0.39, 0.29) is 24.9 Å². The maximum atomic E-state index is 12.9. The van der Waals surface area contributed by atoms with Gasteiger partial charge in [0, 0.05) is 12.6 Å². The number of rotatable bonds is 4. The topological polar surface area (TPSA) is 105 Å². The van der Waals surface area contributed by atoms with Crippen LogP contribution in [0, 0.1) is 6.92 Å². The van der Waals surface area contributed by atoms with Gasteiger partial charge in [0.2, 0.25) is 5.91 Å². The van der Waals surface area contributed by atoms with Crippen LogP contribution in [-0.4, -0.2) is 56.3 Å². The summed E-state index contributed by atoms with van der Waals surface area (Å²) in [5.74, 6) is -0.327. The average molecular weight is 433 g/mol. The summed E-state index contributed by atoms with van der Waals surface area (Å²) in [5, 5.41) is 12.9. The number of aliphatic hydroxyl groups excluding tert-OH is 1. The molecular weight excluding hydrogens is 404 g/mol. The number of nitrogens with one attached hydrogen (secondary N) is 1. The number of amides is 2. The van der Waals surface area contributed by atoms with Crippen molar-refractivity contribution in [2.75, 3.05) is 6.54 Å². The van der Waals surface area contributed by atoms with E-state index < -0.39 is 23.8 Å². The molecule has 2 amide bonds. The first-order valence-electron chi connectivity index (χ1n) is 9.89. The highest BCUT2D eigenvalue weighted by atomic mass is 32.1. The number of pyridine rings is 1. The summed E-state index contributed by atoms with van der Waals surface area (Å²) in [7, 11) is 0. The predicted octanol–water partition coefficient (Wildman–Crippen LogP) is 3.06. The van der Waals surface area contributed by atoms with Gasteiger partial charge in [-0.2, -0.15) is 0 Å².